The van der Waals surface area contributed by atoms with Gasteiger partial charge in [-0.2, -0.15) is 0 Å². The second-order valence-corrected chi connectivity index (χ2v) is 3.88. The molecule has 0 spiro atoms. The van der Waals surface area contributed by atoms with Crippen molar-refractivity contribution in [2.75, 3.05) is 0 Å². The molecule has 0 aliphatic rings. The molecule has 2 rings (SSSR count). The number of hydrogen-bond donors (Lipinski definition) is 1. The van der Waals surface area contributed by atoms with E-state index in [2.05, 4.69) is 11.9 Å². The topological polar surface area (TPSA) is 42.4 Å². The largest absolute Gasteiger partial charge is 0.439 e. The highest BCUT2D eigenvalue weighted by molar-refractivity contribution is 5.33. The molecule has 94 valence electrons. The summed E-state index contributed by atoms with van der Waals surface area (Å²) >= 11 is 0. The van der Waals surface area contributed by atoms with Gasteiger partial charge >= 0.3 is 0 Å². The van der Waals surface area contributed by atoms with Crippen LogP contribution >= 0.6 is 0 Å². The van der Waals surface area contributed by atoms with Crippen molar-refractivity contribution < 1.29 is 14.2 Å². The summed E-state index contributed by atoms with van der Waals surface area (Å²) in [6, 6.07) is 8.77. The molecule has 0 aliphatic carbocycles. The van der Waals surface area contributed by atoms with E-state index in [-0.39, 0.29) is 12.5 Å². The van der Waals surface area contributed by atoms with E-state index in [1.807, 2.05) is 24.3 Å². The molecule has 1 aromatic heterocycles. The van der Waals surface area contributed by atoms with Gasteiger partial charge in [-0.1, -0.05) is 19.1 Å². The Kier molecular flexibility index (Phi) is 3.89. The molecule has 0 saturated carbocycles. The van der Waals surface area contributed by atoms with Gasteiger partial charge in [0.25, 0.3) is 0 Å². The molecular formula is C14H14FNO2. The molecule has 1 N–H and O–H groups in total. The second-order valence-electron chi connectivity index (χ2n) is 3.88. The fourth-order valence-electron chi connectivity index (χ4n) is 1.58. The van der Waals surface area contributed by atoms with Crippen LogP contribution in [0.15, 0.2) is 36.5 Å². The number of hydrogen-bond acceptors (Lipinski definition) is 3. The number of rotatable bonds is 4. The summed E-state index contributed by atoms with van der Waals surface area (Å²) in [4.78, 5) is 3.83. The van der Waals surface area contributed by atoms with E-state index in [4.69, 9.17) is 9.84 Å². The first kappa shape index (κ1) is 12.5. The molecule has 0 radical (unpaired) electrons. The zero-order valence-corrected chi connectivity index (χ0v) is 10.1. The minimum Gasteiger partial charge on any atom is -0.439 e. The van der Waals surface area contributed by atoms with Gasteiger partial charge in [0.15, 0.2) is 0 Å². The second kappa shape index (κ2) is 5.60. The van der Waals surface area contributed by atoms with Crippen LogP contribution in [-0.4, -0.2) is 10.1 Å². The molecular weight excluding hydrogens is 233 g/mol. The number of aliphatic hydroxyl groups excluding tert-OH is 1. The molecule has 0 unspecified atom stereocenters. The van der Waals surface area contributed by atoms with Crippen molar-refractivity contribution in [1.82, 2.24) is 4.98 Å². The smallest absolute Gasteiger partial charge is 0.224 e. The van der Waals surface area contributed by atoms with Crippen LogP contribution < -0.4 is 4.74 Å². The van der Waals surface area contributed by atoms with Gasteiger partial charge in [0.2, 0.25) is 5.88 Å². The van der Waals surface area contributed by atoms with Crippen molar-refractivity contribution in [1.29, 1.82) is 0 Å². The molecule has 0 saturated heterocycles. The van der Waals surface area contributed by atoms with Gasteiger partial charge in [0.05, 0.1) is 12.8 Å². The molecule has 3 nitrogen and oxygen atoms in total. The molecule has 1 heterocycles. The number of aliphatic hydroxyl groups is 1. The van der Waals surface area contributed by atoms with Crippen molar-refractivity contribution >= 4 is 0 Å². The number of pyridine rings is 1. The summed E-state index contributed by atoms with van der Waals surface area (Å²) < 4.78 is 18.5. The highest BCUT2D eigenvalue weighted by Gasteiger charge is 2.07. The third-order valence-corrected chi connectivity index (χ3v) is 2.61. The number of nitrogens with zero attached hydrogens (tertiary/aromatic N) is 1. The number of halogens is 1. The lowest BCUT2D eigenvalue weighted by atomic mass is 10.2. The van der Waals surface area contributed by atoms with E-state index < -0.39 is 5.82 Å². The monoisotopic (exact) mass is 247 g/mol. The number of ether oxygens (including phenoxy) is 1. The average molecular weight is 247 g/mol. The van der Waals surface area contributed by atoms with Crippen LogP contribution in [0.4, 0.5) is 4.39 Å². The van der Waals surface area contributed by atoms with Crippen LogP contribution in [0, 0.1) is 5.82 Å². The Morgan fingerprint density at radius 1 is 1.28 bits per heavy atom. The number of aromatic nitrogens is 1. The van der Waals surface area contributed by atoms with Gasteiger partial charge in [-0.05, 0) is 30.2 Å². The Labute approximate surface area is 105 Å². The third kappa shape index (κ3) is 2.84. The lowest BCUT2D eigenvalue weighted by molar-refractivity contribution is 0.274. The van der Waals surface area contributed by atoms with E-state index in [9.17, 15) is 4.39 Å². The Morgan fingerprint density at radius 3 is 2.61 bits per heavy atom. The van der Waals surface area contributed by atoms with Gasteiger partial charge in [-0.3, -0.25) is 0 Å². The van der Waals surface area contributed by atoms with Gasteiger partial charge < -0.3 is 9.84 Å². The van der Waals surface area contributed by atoms with Crippen LogP contribution in [0.1, 0.15) is 18.1 Å². The Hall–Kier alpha value is -1.94. The van der Waals surface area contributed by atoms with E-state index in [0.717, 1.165) is 12.6 Å². The molecule has 4 heteroatoms. The van der Waals surface area contributed by atoms with Gasteiger partial charge in [-0.25, -0.2) is 9.37 Å². The molecule has 1 aromatic carbocycles. The minimum absolute atomic E-state index is 0.225. The predicted molar refractivity (Wildman–Crippen MR) is 66.0 cm³/mol. The molecule has 0 atom stereocenters. The van der Waals surface area contributed by atoms with Crippen LogP contribution in [-0.2, 0) is 13.0 Å². The fraction of sp³-hybridized carbons (Fsp3) is 0.214. The molecule has 0 fully saturated rings. The molecule has 0 aliphatic heterocycles. The van der Waals surface area contributed by atoms with Crippen molar-refractivity contribution in [3.05, 3.63) is 53.5 Å². The SMILES string of the molecule is CCc1ccc(Oc2ncc(F)cc2CO)cc1. The molecule has 0 amide bonds. The maximum absolute atomic E-state index is 12.9. The highest BCUT2D eigenvalue weighted by Crippen LogP contribution is 2.24. The predicted octanol–water partition coefficient (Wildman–Crippen LogP) is 3.07. The Bertz CT molecular complexity index is 526. The quantitative estimate of drug-likeness (QED) is 0.902. The van der Waals surface area contributed by atoms with E-state index in [0.29, 0.717) is 11.3 Å². The zero-order valence-electron chi connectivity index (χ0n) is 10.1. The van der Waals surface area contributed by atoms with Gasteiger partial charge in [0, 0.05) is 5.56 Å². The Morgan fingerprint density at radius 2 is 2.00 bits per heavy atom. The first-order valence-corrected chi connectivity index (χ1v) is 5.75. The summed E-state index contributed by atoms with van der Waals surface area (Å²) in [5, 5.41) is 9.12. The van der Waals surface area contributed by atoms with Gasteiger partial charge in [-0.15, -0.1) is 0 Å². The number of benzene rings is 1. The summed E-state index contributed by atoms with van der Waals surface area (Å²) in [6.45, 7) is 1.76. The van der Waals surface area contributed by atoms with Crippen molar-refractivity contribution in [3.63, 3.8) is 0 Å². The lowest BCUT2D eigenvalue weighted by Crippen LogP contribution is -1.96. The summed E-state index contributed by atoms with van der Waals surface area (Å²) in [5.41, 5.74) is 1.53. The highest BCUT2D eigenvalue weighted by atomic mass is 19.1. The van der Waals surface area contributed by atoms with Crippen molar-refractivity contribution in [2.24, 2.45) is 0 Å². The van der Waals surface area contributed by atoms with E-state index in [1.54, 1.807) is 0 Å². The first-order chi connectivity index (χ1) is 8.72. The van der Waals surface area contributed by atoms with Crippen LogP contribution in [0.2, 0.25) is 0 Å². The Balaban J connectivity index is 2.22. The number of aryl methyl sites for hydroxylation is 1. The average Bonchev–Trinajstić information content (AvgIpc) is 2.41. The van der Waals surface area contributed by atoms with Crippen LogP contribution in [0.25, 0.3) is 0 Å². The maximum atomic E-state index is 12.9. The summed E-state index contributed by atoms with van der Waals surface area (Å²) in [7, 11) is 0. The molecule has 0 bridgehead atoms. The van der Waals surface area contributed by atoms with E-state index in [1.165, 1.54) is 11.6 Å². The summed E-state index contributed by atoms with van der Waals surface area (Å²) in [5.74, 6) is 0.344. The van der Waals surface area contributed by atoms with Gasteiger partial charge in [0.1, 0.15) is 11.6 Å². The normalized spacial score (nSPS) is 10.4. The zero-order chi connectivity index (χ0) is 13.0. The molecule has 2 aromatic rings. The van der Waals surface area contributed by atoms with Crippen molar-refractivity contribution in [3.8, 4) is 11.6 Å². The molecule has 18 heavy (non-hydrogen) atoms. The maximum Gasteiger partial charge on any atom is 0.224 e. The standard InChI is InChI=1S/C14H14FNO2/c1-2-10-3-5-13(6-4-10)18-14-11(9-17)7-12(15)8-16-14/h3-8,17H,2,9H2,1H3. The summed E-state index contributed by atoms with van der Waals surface area (Å²) in [6.07, 6.45) is 2.02. The minimum atomic E-state index is -0.493. The fourth-order valence-corrected chi connectivity index (χ4v) is 1.58. The third-order valence-electron chi connectivity index (χ3n) is 2.61. The van der Waals surface area contributed by atoms with E-state index >= 15 is 0 Å². The van der Waals surface area contributed by atoms with Crippen LogP contribution in [0.5, 0.6) is 11.6 Å². The van der Waals surface area contributed by atoms with Crippen molar-refractivity contribution in [2.45, 2.75) is 20.0 Å². The lowest BCUT2D eigenvalue weighted by Gasteiger charge is -2.08. The first-order valence-electron chi connectivity index (χ1n) is 5.75. The van der Waals surface area contributed by atoms with Crippen LogP contribution in [0.3, 0.4) is 0 Å².